The summed E-state index contributed by atoms with van der Waals surface area (Å²) < 4.78 is 13.7. The van der Waals surface area contributed by atoms with Crippen molar-refractivity contribution in [3.63, 3.8) is 0 Å². The van der Waals surface area contributed by atoms with Crippen molar-refractivity contribution in [1.82, 2.24) is 4.90 Å². The average Bonchev–Trinajstić information content (AvgIpc) is 2.27. The fourth-order valence-electron chi connectivity index (χ4n) is 1.82. The fourth-order valence-corrected chi connectivity index (χ4v) is 2.02. The van der Waals surface area contributed by atoms with Gasteiger partial charge in [0.15, 0.2) is 0 Å². The molecule has 0 bridgehead atoms. The van der Waals surface area contributed by atoms with Crippen LogP contribution in [-0.4, -0.2) is 44.1 Å². The molecule has 0 aliphatic heterocycles. The van der Waals surface area contributed by atoms with E-state index in [2.05, 4.69) is 4.90 Å². The van der Waals surface area contributed by atoms with E-state index in [4.69, 9.17) is 18.0 Å². The highest BCUT2D eigenvalue weighted by Crippen LogP contribution is 2.22. The van der Waals surface area contributed by atoms with Gasteiger partial charge >= 0.3 is 0 Å². The molecule has 1 aromatic rings. The number of rotatable bonds is 6. The van der Waals surface area contributed by atoms with Gasteiger partial charge in [0.1, 0.15) is 10.8 Å². The Morgan fingerprint density at radius 3 is 2.50 bits per heavy atom. The number of nitrogens with zero attached hydrogens (tertiary/aromatic N) is 2. The summed E-state index contributed by atoms with van der Waals surface area (Å²) in [4.78, 5) is 4.21. The highest BCUT2D eigenvalue weighted by Gasteiger charge is 2.13. The Kier molecular flexibility index (Phi) is 5.50. The first-order valence-corrected chi connectivity index (χ1v) is 6.28. The van der Waals surface area contributed by atoms with E-state index >= 15 is 0 Å². The molecule has 0 atom stereocenters. The van der Waals surface area contributed by atoms with E-state index in [1.807, 2.05) is 32.1 Å². The van der Waals surface area contributed by atoms with Crippen molar-refractivity contribution >= 4 is 22.9 Å². The minimum absolute atomic E-state index is 0.0996. The molecule has 0 saturated heterocycles. The SMILES string of the molecule is CN(C)CCCN(C)c1cccc(F)c1C(N)=S. The maximum atomic E-state index is 13.7. The van der Waals surface area contributed by atoms with Gasteiger partial charge in [-0.25, -0.2) is 4.39 Å². The van der Waals surface area contributed by atoms with Crippen molar-refractivity contribution in [2.45, 2.75) is 6.42 Å². The third-order valence-electron chi connectivity index (χ3n) is 2.75. The largest absolute Gasteiger partial charge is 0.389 e. The van der Waals surface area contributed by atoms with E-state index in [9.17, 15) is 4.39 Å². The second-order valence-electron chi connectivity index (χ2n) is 4.58. The van der Waals surface area contributed by atoms with Crippen LogP contribution in [0.1, 0.15) is 12.0 Å². The van der Waals surface area contributed by atoms with Gasteiger partial charge in [0.2, 0.25) is 0 Å². The van der Waals surface area contributed by atoms with Gasteiger partial charge in [-0.1, -0.05) is 18.3 Å². The molecule has 0 aromatic heterocycles. The van der Waals surface area contributed by atoms with Gasteiger partial charge in [-0.2, -0.15) is 0 Å². The molecule has 1 aromatic carbocycles. The molecule has 0 unspecified atom stereocenters. The zero-order valence-corrected chi connectivity index (χ0v) is 11.9. The first kappa shape index (κ1) is 14.9. The molecule has 2 N–H and O–H groups in total. The summed E-state index contributed by atoms with van der Waals surface area (Å²) >= 11 is 4.91. The van der Waals surface area contributed by atoms with E-state index in [1.165, 1.54) is 6.07 Å². The Hall–Kier alpha value is -1.20. The second kappa shape index (κ2) is 6.66. The lowest BCUT2D eigenvalue weighted by atomic mass is 10.1. The molecule has 0 spiro atoms. The lowest BCUT2D eigenvalue weighted by Gasteiger charge is -2.23. The van der Waals surface area contributed by atoms with Gasteiger partial charge in [0.05, 0.1) is 5.56 Å². The monoisotopic (exact) mass is 269 g/mol. The maximum absolute atomic E-state index is 13.7. The van der Waals surface area contributed by atoms with Gasteiger partial charge < -0.3 is 15.5 Å². The topological polar surface area (TPSA) is 32.5 Å². The summed E-state index contributed by atoms with van der Waals surface area (Å²) in [5.74, 6) is -0.362. The predicted molar refractivity (Wildman–Crippen MR) is 78.7 cm³/mol. The third-order valence-corrected chi connectivity index (χ3v) is 2.95. The van der Waals surface area contributed by atoms with E-state index in [0.29, 0.717) is 5.56 Å². The van der Waals surface area contributed by atoms with Crippen molar-refractivity contribution in [3.05, 3.63) is 29.6 Å². The fraction of sp³-hybridized carbons (Fsp3) is 0.462. The van der Waals surface area contributed by atoms with Crippen LogP contribution in [0.4, 0.5) is 10.1 Å². The lowest BCUT2D eigenvalue weighted by Crippen LogP contribution is -2.26. The number of hydrogen-bond donors (Lipinski definition) is 1. The lowest BCUT2D eigenvalue weighted by molar-refractivity contribution is 0.401. The molecular formula is C13H20FN3S. The van der Waals surface area contributed by atoms with Crippen LogP contribution in [0.2, 0.25) is 0 Å². The Morgan fingerprint density at radius 1 is 1.28 bits per heavy atom. The number of thiocarbonyl (C=S) groups is 1. The molecule has 18 heavy (non-hydrogen) atoms. The molecule has 100 valence electrons. The number of halogens is 1. The molecule has 0 radical (unpaired) electrons. The minimum Gasteiger partial charge on any atom is -0.389 e. The summed E-state index contributed by atoms with van der Waals surface area (Å²) in [6.07, 6.45) is 0.997. The van der Waals surface area contributed by atoms with Crippen LogP contribution in [0.3, 0.4) is 0 Å². The third kappa shape index (κ3) is 3.92. The van der Waals surface area contributed by atoms with Gasteiger partial charge in [-0.05, 0) is 39.2 Å². The van der Waals surface area contributed by atoms with Crippen molar-refractivity contribution in [2.24, 2.45) is 5.73 Å². The molecule has 1 rings (SSSR count). The predicted octanol–water partition coefficient (Wildman–Crippen LogP) is 1.85. The maximum Gasteiger partial charge on any atom is 0.135 e. The van der Waals surface area contributed by atoms with E-state index < -0.39 is 0 Å². The molecule has 0 amide bonds. The van der Waals surface area contributed by atoms with Crippen LogP contribution in [0, 0.1) is 5.82 Å². The molecule has 0 fully saturated rings. The summed E-state index contributed by atoms with van der Waals surface area (Å²) in [5, 5.41) is 0. The summed E-state index contributed by atoms with van der Waals surface area (Å²) in [7, 11) is 5.98. The number of hydrogen-bond acceptors (Lipinski definition) is 3. The second-order valence-corrected chi connectivity index (χ2v) is 5.02. The quantitative estimate of drug-likeness (QED) is 0.799. The van der Waals surface area contributed by atoms with Gasteiger partial charge in [-0.3, -0.25) is 0 Å². The zero-order valence-electron chi connectivity index (χ0n) is 11.1. The number of anilines is 1. The highest BCUT2D eigenvalue weighted by molar-refractivity contribution is 7.80. The first-order chi connectivity index (χ1) is 8.43. The molecule has 5 heteroatoms. The molecule has 0 saturated carbocycles. The summed E-state index contributed by atoms with van der Waals surface area (Å²) in [6.45, 7) is 1.82. The molecule has 0 aliphatic carbocycles. The Morgan fingerprint density at radius 2 is 1.94 bits per heavy atom. The summed E-state index contributed by atoms with van der Waals surface area (Å²) in [5.41, 5.74) is 6.67. The van der Waals surface area contributed by atoms with Crippen LogP contribution in [0.5, 0.6) is 0 Å². The first-order valence-electron chi connectivity index (χ1n) is 5.87. The zero-order chi connectivity index (χ0) is 13.7. The standard InChI is InChI=1S/C13H20FN3S/c1-16(2)8-5-9-17(3)11-7-4-6-10(14)12(11)13(15)18/h4,6-7H,5,8-9H2,1-3H3,(H2,15,18). The average molecular weight is 269 g/mol. The van der Waals surface area contributed by atoms with E-state index in [0.717, 1.165) is 25.2 Å². The normalized spacial score (nSPS) is 10.7. The number of nitrogens with two attached hydrogens (primary N) is 1. The van der Waals surface area contributed by atoms with Crippen LogP contribution in [0.15, 0.2) is 18.2 Å². The van der Waals surface area contributed by atoms with Crippen LogP contribution < -0.4 is 10.6 Å². The molecule has 0 heterocycles. The minimum atomic E-state index is -0.362. The summed E-state index contributed by atoms with van der Waals surface area (Å²) in [6, 6.07) is 4.90. The van der Waals surface area contributed by atoms with Gasteiger partial charge in [0, 0.05) is 19.3 Å². The van der Waals surface area contributed by atoms with Crippen LogP contribution in [0.25, 0.3) is 0 Å². The van der Waals surface area contributed by atoms with E-state index in [1.54, 1.807) is 6.07 Å². The van der Waals surface area contributed by atoms with Crippen LogP contribution >= 0.6 is 12.2 Å². The van der Waals surface area contributed by atoms with Gasteiger partial charge in [-0.15, -0.1) is 0 Å². The Labute approximate surface area is 113 Å². The highest BCUT2D eigenvalue weighted by atomic mass is 32.1. The van der Waals surface area contributed by atoms with Crippen molar-refractivity contribution in [3.8, 4) is 0 Å². The van der Waals surface area contributed by atoms with Crippen LogP contribution in [-0.2, 0) is 0 Å². The molecule has 0 aliphatic rings. The number of benzene rings is 1. The van der Waals surface area contributed by atoms with Crippen molar-refractivity contribution in [2.75, 3.05) is 39.1 Å². The van der Waals surface area contributed by atoms with Crippen molar-refractivity contribution in [1.29, 1.82) is 0 Å². The molecular weight excluding hydrogens is 249 g/mol. The van der Waals surface area contributed by atoms with Gasteiger partial charge in [0.25, 0.3) is 0 Å². The Balaban J connectivity index is 2.82. The van der Waals surface area contributed by atoms with E-state index in [-0.39, 0.29) is 10.8 Å². The smallest absolute Gasteiger partial charge is 0.135 e. The molecule has 3 nitrogen and oxygen atoms in total. The van der Waals surface area contributed by atoms with Crippen molar-refractivity contribution < 1.29 is 4.39 Å². The Bertz CT molecular complexity index is 421.